The van der Waals surface area contributed by atoms with E-state index in [0.717, 1.165) is 5.56 Å². The Labute approximate surface area is 101 Å². The molecule has 2 nitrogen and oxygen atoms in total. The summed E-state index contributed by atoms with van der Waals surface area (Å²) in [5, 5.41) is 0. The Morgan fingerprint density at radius 1 is 1.00 bits per heavy atom. The third-order valence-corrected chi connectivity index (χ3v) is 1.90. The molecule has 0 atom stereocenters. The lowest BCUT2D eigenvalue weighted by atomic mass is 10.3. The Balaban J connectivity index is 0.000000686. The van der Waals surface area contributed by atoms with Gasteiger partial charge in [0, 0.05) is 6.20 Å². The van der Waals surface area contributed by atoms with Crippen LogP contribution in [0, 0.1) is 12.7 Å². The summed E-state index contributed by atoms with van der Waals surface area (Å²) >= 11 is 0. The SMILES string of the molecule is CC.Cc1cncc(Oc2ccc(F)cc2)c1. The van der Waals surface area contributed by atoms with Gasteiger partial charge in [0.25, 0.3) is 0 Å². The summed E-state index contributed by atoms with van der Waals surface area (Å²) in [6, 6.07) is 7.75. The summed E-state index contributed by atoms with van der Waals surface area (Å²) in [5.41, 5.74) is 1.02. The summed E-state index contributed by atoms with van der Waals surface area (Å²) in [5.74, 6) is 0.982. The molecule has 2 aromatic rings. The number of rotatable bonds is 2. The van der Waals surface area contributed by atoms with E-state index in [-0.39, 0.29) is 5.82 Å². The van der Waals surface area contributed by atoms with Crippen molar-refractivity contribution in [3.63, 3.8) is 0 Å². The highest BCUT2D eigenvalue weighted by atomic mass is 19.1. The Kier molecular flexibility index (Phi) is 5.14. The van der Waals surface area contributed by atoms with Crippen molar-refractivity contribution >= 4 is 0 Å². The molecule has 90 valence electrons. The van der Waals surface area contributed by atoms with E-state index in [1.165, 1.54) is 12.1 Å². The van der Waals surface area contributed by atoms with Crippen molar-refractivity contribution in [1.29, 1.82) is 0 Å². The Hall–Kier alpha value is -1.90. The van der Waals surface area contributed by atoms with Crippen LogP contribution in [0.25, 0.3) is 0 Å². The minimum absolute atomic E-state index is 0.273. The summed E-state index contributed by atoms with van der Waals surface area (Å²) in [6.07, 6.45) is 3.37. The van der Waals surface area contributed by atoms with Gasteiger partial charge in [-0.25, -0.2) is 4.39 Å². The van der Waals surface area contributed by atoms with E-state index in [1.54, 1.807) is 24.5 Å². The summed E-state index contributed by atoms with van der Waals surface area (Å²) in [7, 11) is 0. The highest BCUT2D eigenvalue weighted by molar-refractivity contribution is 5.30. The molecule has 0 fully saturated rings. The van der Waals surface area contributed by atoms with Crippen molar-refractivity contribution in [2.75, 3.05) is 0 Å². The van der Waals surface area contributed by atoms with E-state index in [9.17, 15) is 4.39 Å². The minimum atomic E-state index is -0.273. The van der Waals surface area contributed by atoms with Crippen LogP contribution in [0.5, 0.6) is 11.5 Å². The summed E-state index contributed by atoms with van der Waals surface area (Å²) in [4.78, 5) is 4.00. The van der Waals surface area contributed by atoms with Gasteiger partial charge in [0.1, 0.15) is 17.3 Å². The first-order valence-corrected chi connectivity index (χ1v) is 5.59. The van der Waals surface area contributed by atoms with Crippen molar-refractivity contribution < 1.29 is 9.13 Å². The maximum absolute atomic E-state index is 12.6. The monoisotopic (exact) mass is 233 g/mol. The van der Waals surface area contributed by atoms with Gasteiger partial charge in [0.05, 0.1) is 6.20 Å². The van der Waals surface area contributed by atoms with Gasteiger partial charge in [-0.1, -0.05) is 13.8 Å². The first-order valence-electron chi connectivity index (χ1n) is 5.59. The first-order chi connectivity index (χ1) is 8.24. The number of nitrogens with zero attached hydrogens (tertiary/aromatic N) is 1. The van der Waals surface area contributed by atoms with Crippen LogP contribution in [-0.2, 0) is 0 Å². The predicted octanol–water partition coefficient (Wildman–Crippen LogP) is 4.35. The van der Waals surface area contributed by atoms with E-state index in [4.69, 9.17) is 4.74 Å². The minimum Gasteiger partial charge on any atom is -0.456 e. The molecular formula is C14H16FNO. The molecule has 0 aliphatic heterocycles. The maximum Gasteiger partial charge on any atom is 0.145 e. The number of pyridine rings is 1. The zero-order valence-corrected chi connectivity index (χ0v) is 10.3. The molecular weight excluding hydrogens is 217 g/mol. The Morgan fingerprint density at radius 2 is 1.65 bits per heavy atom. The van der Waals surface area contributed by atoms with Crippen LogP contribution in [0.3, 0.4) is 0 Å². The number of aryl methyl sites for hydroxylation is 1. The van der Waals surface area contributed by atoms with Crippen molar-refractivity contribution in [2.45, 2.75) is 20.8 Å². The van der Waals surface area contributed by atoms with Crippen molar-refractivity contribution in [2.24, 2.45) is 0 Å². The lowest BCUT2D eigenvalue weighted by molar-refractivity contribution is 0.478. The normalized spacial score (nSPS) is 9.18. The van der Waals surface area contributed by atoms with Crippen LogP contribution in [0.1, 0.15) is 19.4 Å². The average molecular weight is 233 g/mol. The number of hydrogen-bond donors (Lipinski definition) is 0. The number of ether oxygens (including phenoxy) is 1. The third kappa shape index (κ3) is 4.23. The molecule has 3 heteroatoms. The van der Waals surface area contributed by atoms with Gasteiger partial charge in [-0.15, -0.1) is 0 Å². The van der Waals surface area contributed by atoms with Gasteiger partial charge in [0.2, 0.25) is 0 Å². The van der Waals surface area contributed by atoms with Gasteiger partial charge in [-0.3, -0.25) is 4.98 Å². The molecule has 0 radical (unpaired) electrons. The van der Waals surface area contributed by atoms with Crippen LogP contribution in [-0.4, -0.2) is 4.98 Å². The smallest absolute Gasteiger partial charge is 0.145 e. The van der Waals surface area contributed by atoms with Crippen LogP contribution < -0.4 is 4.74 Å². The highest BCUT2D eigenvalue weighted by Crippen LogP contribution is 2.20. The average Bonchev–Trinajstić information content (AvgIpc) is 2.35. The second-order valence-electron chi connectivity index (χ2n) is 3.25. The molecule has 0 amide bonds. The largest absolute Gasteiger partial charge is 0.456 e. The number of hydrogen-bond acceptors (Lipinski definition) is 2. The number of benzene rings is 1. The van der Waals surface area contributed by atoms with Gasteiger partial charge < -0.3 is 4.74 Å². The molecule has 1 aromatic heterocycles. The van der Waals surface area contributed by atoms with Gasteiger partial charge in [-0.2, -0.15) is 0 Å². The van der Waals surface area contributed by atoms with E-state index < -0.39 is 0 Å². The standard InChI is InChI=1S/C12H10FNO.C2H6/c1-9-6-12(8-14-7-9)15-11-4-2-10(13)3-5-11;1-2/h2-8H,1H3;1-2H3. The lowest BCUT2D eigenvalue weighted by Gasteiger charge is -2.05. The fraction of sp³-hybridized carbons (Fsp3) is 0.214. The molecule has 0 aliphatic rings. The van der Waals surface area contributed by atoms with Crippen LogP contribution in [0.15, 0.2) is 42.7 Å². The van der Waals surface area contributed by atoms with E-state index in [0.29, 0.717) is 11.5 Å². The second kappa shape index (κ2) is 6.63. The van der Waals surface area contributed by atoms with Crippen LogP contribution in [0.4, 0.5) is 4.39 Å². The molecule has 1 heterocycles. The topological polar surface area (TPSA) is 22.1 Å². The first kappa shape index (κ1) is 13.2. The zero-order valence-electron chi connectivity index (χ0n) is 10.3. The molecule has 0 aliphatic carbocycles. The van der Waals surface area contributed by atoms with Gasteiger partial charge in [-0.05, 0) is 42.8 Å². The predicted molar refractivity (Wildman–Crippen MR) is 66.8 cm³/mol. The number of halogens is 1. The third-order valence-electron chi connectivity index (χ3n) is 1.90. The van der Waals surface area contributed by atoms with Crippen molar-refractivity contribution in [3.05, 3.63) is 54.1 Å². The molecule has 0 saturated heterocycles. The zero-order chi connectivity index (χ0) is 12.7. The Bertz CT molecular complexity index is 454. The molecule has 0 unspecified atom stereocenters. The number of aromatic nitrogens is 1. The Morgan fingerprint density at radius 3 is 2.24 bits per heavy atom. The van der Waals surface area contributed by atoms with E-state index in [2.05, 4.69) is 4.98 Å². The molecule has 1 aromatic carbocycles. The molecule has 0 N–H and O–H groups in total. The lowest BCUT2D eigenvalue weighted by Crippen LogP contribution is -1.86. The van der Waals surface area contributed by atoms with Gasteiger partial charge >= 0.3 is 0 Å². The van der Waals surface area contributed by atoms with Crippen LogP contribution in [0.2, 0.25) is 0 Å². The molecule has 0 saturated carbocycles. The molecule has 0 spiro atoms. The van der Waals surface area contributed by atoms with Gasteiger partial charge in [0.15, 0.2) is 0 Å². The second-order valence-corrected chi connectivity index (χ2v) is 3.25. The fourth-order valence-electron chi connectivity index (χ4n) is 1.22. The molecule has 2 rings (SSSR count). The molecule has 0 bridgehead atoms. The quantitative estimate of drug-likeness (QED) is 0.769. The van der Waals surface area contributed by atoms with E-state index >= 15 is 0 Å². The van der Waals surface area contributed by atoms with Crippen molar-refractivity contribution in [1.82, 2.24) is 4.98 Å². The highest BCUT2D eigenvalue weighted by Gasteiger charge is 1.98. The summed E-state index contributed by atoms with van der Waals surface area (Å²) in [6.45, 7) is 5.94. The molecule has 17 heavy (non-hydrogen) atoms. The fourth-order valence-corrected chi connectivity index (χ4v) is 1.22. The summed E-state index contributed by atoms with van der Waals surface area (Å²) < 4.78 is 18.1. The van der Waals surface area contributed by atoms with E-state index in [1.807, 2.05) is 26.8 Å². The maximum atomic E-state index is 12.6. The van der Waals surface area contributed by atoms with Crippen LogP contribution >= 0.6 is 0 Å². The van der Waals surface area contributed by atoms with Crippen molar-refractivity contribution in [3.8, 4) is 11.5 Å².